The largest absolute Gasteiger partial charge is 0.397 e. The lowest BCUT2D eigenvalue weighted by Gasteiger charge is -2.12. The highest BCUT2D eigenvalue weighted by atomic mass is 35.5. The van der Waals surface area contributed by atoms with Crippen LogP contribution in [0.4, 0.5) is 5.69 Å². The molecule has 0 spiro atoms. The molecule has 2 unspecified atom stereocenters. The number of hydrogen-bond acceptors (Lipinski definition) is 4. The van der Waals surface area contributed by atoms with Gasteiger partial charge in [0.15, 0.2) is 0 Å². The molecule has 1 aromatic carbocycles. The van der Waals surface area contributed by atoms with Crippen molar-refractivity contribution in [2.24, 2.45) is 0 Å². The Morgan fingerprint density at radius 2 is 2.29 bits per heavy atom. The summed E-state index contributed by atoms with van der Waals surface area (Å²) in [7, 11) is 0. The van der Waals surface area contributed by atoms with Crippen LogP contribution in [-0.2, 0) is 0 Å². The maximum Gasteiger partial charge on any atom is 0.263 e. The molecule has 0 bridgehead atoms. The van der Waals surface area contributed by atoms with Gasteiger partial charge >= 0.3 is 0 Å². The highest BCUT2D eigenvalue weighted by molar-refractivity contribution is 7.99. The third-order valence-electron chi connectivity index (χ3n) is 3.96. The summed E-state index contributed by atoms with van der Waals surface area (Å²) in [6, 6.07) is 5.88. The summed E-state index contributed by atoms with van der Waals surface area (Å²) in [5, 5.41) is 5.17. The smallest absolute Gasteiger partial charge is 0.263 e. The normalized spacial score (nSPS) is 21.8. The predicted molar refractivity (Wildman–Crippen MR) is 93.7 cm³/mol. The number of halogens is 1. The van der Waals surface area contributed by atoms with Crippen molar-refractivity contribution in [3.8, 4) is 0 Å². The number of amides is 1. The summed E-state index contributed by atoms with van der Waals surface area (Å²) in [6.07, 6.45) is 5.38. The van der Waals surface area contributed by atoms with Gasteiger partial charge in [-0.3, -0.25) is 4.79 Å². The fraction of sp³-hybridized carbons (Fsp3) is 0.400. The number of rotatable bonds is 3. The molecule has 1 amide bonds. The van der Waals surface area contributed by atoms with E-state index in [1.165, 1.54) is 17.8 Å². The molecule has 21 heavy (non-hydrogen) atoms. The van der Waals surface area contributed by atoms with Crippen LogP contribution in [0.15, 0.2) is 18.2 Å². The second-order valence-corrected chi connectivity index (χ2v) is 7.90. The average molecular weight is 341 g/mol. The number of nitrogen functional groups attached to an aromatic ring is 1. The van der Waals surface area contributed by atoms with Crippen LogP contribution in [0, 0.1) is 0 Å². The standard InChI is InChI=1S/C15H17ClN2OS2/c1-20-9-6-5-8(7-9)18-15(19)14-13(17)12-10(16)3-2-4-11(12)21-14/h2-4,8-9H,5-7,17H2,1H3,(H,18,19). The van der Waals surface area contributed by atoms with E-state index in [9.17, 15) is 4.79 Å². The number of anilines is 1. The zero-order valence-corrected chi connectivity index (χ0v) is 14.1. The van der Waals surface area contributed by atoms with Crippen molar-refractivity contribution >= 4 is 56.4 Å². The minimum atomic E-state index is -0.0727. The van der Waals surface area contributed by atoms with Crippen molar-refractivity contribution in [2.45, 2.75) is 30.6 Å². The third kappa shape index (κ3) is 2.87. The highest BCUT2D eigenvalue weighted by Gasteiger charge is 2.27. The van der Waals surface area contributed by atoms with Crippen LogP contribution in [0.2, 0.25) is 5.02 Å². The minimum Gasteiger partial charge on any atom is -0.397 e. The van der Waals surface area contributed by atoms with E-state index in [1.54, 1.807) is 6.07 Å². The Hall–Kier alpha value is -0.910. The van der Waals surface area contributed by atoms with E-state index >= 15 is 0 Å². The van der Waals surface area contributed by atoms with Gasteiger partial charge in [-0.25, -0.2) is 0 Å². The van der Waals surface area contributed by atoms with Gasteiger partial charge in [0.05, 0.1) is 10.7 Å². The van der Waals surface area contributed by atoms with Gasteiger partial charge in [-0.05, 0) is 37.7 Å². The second-order valence-electron chi connectivity index (χ2n) is 5.30. The first-order chi connectivity index (χ1) is 10.1. The van der Waals surface area contributed by atoms with Gasteiger partial charge in [-0.1, -0.05) is 17.7 Å². The Kier molecular flexibility index (Phi) is 4.33. The van der Waals surface area contributed by atoms with Crippen molar-refractivity contribution < 1.29 is 4.79 Å². The molecule has 0 saturated heterocycles. The number of hydrogen-bond donors (Lipinski definition) is 2. The molecular formula is C15H17ClN2OS2. The summed E-state index contributed by atoms with van der Waals surface area (Å²) >= 11 is 9.47. The van der Waals surface area contributed by atoms with Crippen LogP contribution in [0.3, 0.4) is 0 Å². The monoisotopic (exact) mass is 340 g/mol. The number of carbonyl (C=O) groups is 1. The molecule has 112 valence electrons. The van der Waals surface area contributed by atoms with Crippen LogP contribution in [0.5, 0.6) is 0 Å². The van der Waals surface area contributed by atoms with Crippen LogP contribution in [0.1, 0.15) is 28.9 Å². The van der Waals surface area contributed by atoms with Crippen molar-refractivity contribution in [3.63, 3.8) is 0 Å². The van der Waals surface area contributed by atoms with Crippen LogP contribution >= 0.6 is 34.7 Å². The summed E-state index contributed by atoms with van der Waals surface area (Å²) in [4.78, 5) is 13.0. The van der Waals surface area contributed by atoms with E-state index in [0.717, 1.165) is 22.9 Å². The number of thioether (sulfide) groups is 1. The average Bonchev–Trinajstić information content (AvgIpc) is 3.04. The van der Waals surface area contributed by atoms with Crippen LogP contribution in [-0.4, -0.2) is 23.5 Å². The van der Waals surface area contributed by atoms with E-state index in [1.807, 2.05) is 23.9 Å². The molecule has 1 fully saturated rings. The Bertz CT molecular complexity index is 686. The molecule has 1 aromatic heterocycles. The lowest BCUT2D eigenvalue weighted by atomic mass is 10.2. The first-order valence-electron chi connectivity index (χ1n) is 6.90. The maximum atomic E-state index is 12.5. The van der Waals surface area contributed by atoms with E-state index in [0.29, 0.717) is 20.8 Å². The topological polar surface area (TPSA) is 55.1 Å². The van der Waals surface area contributed by atoms with E-state index in [4.69, 9.17) is 17.3 Å². The van der Waals surface area contributed by atoms with Crippen molar-refractivity contribution in [2.75, 3.05) is 12.0 Å². The van der Waals surface area contributed by atoms with Gasteiger partial charge in [0, 0.05) is 21.4 Å². The molecule has 3 nitrogen and oxygen atoms in total. The van der Waals surface area contributed by atoms with Crippen LogP contribution < -0.4 is 11.1 Å². The molecular weight excluding hydrogens is 324 g/mol. The van der Waals surface area contributed by atoms with Crippen molar-refractivity contribution in [1.82, 2.24) is 5.32 Å². The highest BCUT2D eigenvalue weighted by Crippen LogP contribution is 2.38. The summed E-state index contributed by atoms with van der Waals surface area (Å²) in [5.74, 6) is -0.0727. The minimum absolute atomic E-state index is 0.0727. The number of nitrogens with one attached hydrogen (secondary N) is 1. The summed E-state index contributed by atoms with van der Waals surface area (Å²) in [6.45, 7) is 0. The van der Waals surface area contributed by atoms with Gasteiger partial charge < -0.3 is 11.1 Å². The number of thiophene rings is 1. The van der Waals surface area contributed by atoms with E-state index in [2.05, 4.69) is 11.6 Å². The molecule has 0 radical (unpaired) electrons. The summed E-state index contributed by atoms with van der Waals surface area (Å²) in [5.41, 5.74) is 6.63. The first-order valence-corrected chi connectivity index (χ1v) is 9.38. The third-order valence-corrected chi connectivity index (χ3v) is 6.54. The Balaban J connectivity index is 1.82. The number of nitrogens with two attached hydrogens (primary N) is 1. The lowest BCUT2D eigenvalue weighted by molar-refractivity contribution is 0.0943. The molecule has 3 N–H and O–H groups in total. The molecule has 1 heterocycles. The molecule has 1 saturated carbocycles. The molecule has 1 aliphatic rings. The number of benzene rings is 1. The van der Waals surface area contributed by atoms with Gasteiger partial charge in [0.2, 0.25) is 0 Å². The molecule has 2 aromatic rings. The Labute approximate surface area is 137 Å². The van der Waals surface area contributed by atoms with Crippen LogP contribution in [0.25, 0.3) is 10.1 Å². The van der Waals surface area contributed by atoms with Crippen molar-refractivity contribution in [1.29, 1.82) is 0 Å². The Morgan fingerprint density at radius 1 is 1.48 bits per heavy atom. The van der Waals surface area contributed by atoms with Gasteiger partial charge in [-0.15, -0.1) is 11.3 Å². The Morgan fingerprint density at radius 3 is 2.95 bits per heavy atom. The molecule has 2 atom stereocenters. The number of carbonyl (C=O) groups excluding carboxylic acids is 1. The summed E-state index contributed by atoms with van der Waals surface area (Å²) < 4.78 is 0.957. The molecule has 1 aliphatic carbocycles. The van der Waals surface area contributed by atoms with Crippen molar-refractivity contribution in [3.05, 3.63) is 28.1 Å². The quantitative estimate of drug-likeness (QED) is 0.882. The second kappa shape index (κ2) is 6.07. The van der Waals surface area contributed by atoms with Gasteiger partial charge in [0.25, 0.3) is 5.91 Å². The fourth-order valence-corrected chi connectivity index (χ4v) is 5.02. The van der Waals surface area contributed by atoms with E-state index in [-0.39, 0.29) is 11.9 Å². The zero-order chi connectivity index (χ0) is 15.0. The zero-order valence-electron chi connectivity index (χ0n) is 11.7. The fourth-order valence-electron chi connectivity index (χ4n) is 2.83. The van der Waals surface area contributed by atoms with Gasteiger partial charge in [-0.2, -0.15) is 11.8 Å². The SMILES string of the molecule is CSC1CCC(NC(=O)c2sc3cccc(Cl)c3c2N)C1. The molecule has 0 aliphatic heterocycles. The van der Waals surface area contributed by atoms with E-state index < -0.39 is 0 Å². The number of fused-ring (bicyclic) bond motifs is 1. The first kappa shape index (κ1) is 15.0. The molecule has 6 heteroatoms. The lowest BCUT2D eigenvalue weighted by Crippen LogP contribution is -2.32. The molecule has 3 rings (SSSR count). The maximum absolute atomic E-state index is 12.5. The predicted octanol–water partition coefficient (Wildman–Crippen LogP) is 4.15. The van der Waals surface area contributed by atoms with Gasteiger partial charge in [0.1, 0.15) is 4.88 Å².